The van der Waals surface area contributed by atoms with Gasteiger partial charge in [-0.25, -0.2) is 0 Å². The van der Waals surface area contributed by atoms with Crippen molar-refractivity contribution in [2.45, 2.75) is 155 Å². The first-order valence-corrected chi connectivity index (χ1v) is 19.4. The predicted octanol–water partition coefficient (Wildman–Crippen LogP) is 8.44. The molecule has 2 atom stereocenters. The third-order valence-corrected chi connectivity index (χ3v) is 8.50. The second-order valence-corrected chi connectivity index (χ2v) is 14.6. The molecule has 0 aromatic rings. The van der Waals surface area contributed by atoms with E-state index < -0.39 is 32.5 Å². The number of phosphoric acid groups is 1. The molecule has 0 aliphatic carbocycles. The minimum Gasteiger partial charge on any atom is -0.756 e. The van der Waals surface area contributed by atoms with Gasteiger partial charge in [-0.2, -0.15) is 0 Å². The first-order valence-electron chi connectivity index (χ1n) is 17.9. The fourth-order valence-corrected chi connectivity index (χ4v) is 5.38. The summed E-state index contributed by atoms with van der Waals surface area (Å²) in [6, 6.07) is 0. The molecule has 10 heteroatoms. The largest absolute Gasteiger partial charge is 0.756 e. The van der Waals surface area contributed by atoms with Crippen molar-refractivity contribution in [3.05, 3.63) is 12.2 Å². The van der Waals surface area contributed by atoms with Gasteiger partial charge in [0.15, 0.2) is 6.10 Å². The molecule has 0 bridgehead atoms. The number of phosphoric ester groups is 1. The van der Waals surface area contributed by atoms with Crippen molar-refractivity contribution in [1.82, 2.24) is 0 Å². The summed E-state index contributed by atoms with van der Waals surface area (Å²) in [4.78, 5) is 37.1. The van der Waals surface area contributed by atoms with Crippen LogP contribution in [0.15, 0.2) is 12.2 Å². The lowest BCUT2D eigenvalue weighted by atomic mass is 10.1. The molecule has 0 amide bonds. The first-order chi connectivity index (χ1) is 21.5. The maximum atomic E-state index is 12.5. The SMILES string of the molecule is CCCCCC/C=C/CCCCCCCC(=O)OC[C@@H](COP(=O)([O-])OCC[N+](C)(C)C)OC(=O)CCCCCCCCCC. The Morgan fingerprint density at radius 2 is 1.13 bits per heavy atom. The van der Waals surface area contributed by atoms with Crippen LogP contribution in [0, 0.1) is 0 Å². The van der Waals surface area contributed by atoms with Crippen LogP contribution in [0.4, 0.5) is 0 Å². The Hall–Kier alpha value is -1.25. The number of quaternary nitrogens is 1. The van der Waals surface area contributed by atoms with Gasteiger partial charge in [0.2, 0.25) is 0 Å². The van der Waals surface area contributed by atoms with E-state index in [4.69, 9.17) is 18.5 Å². The molecule has 1 unspecified atom stereocenters. The van der Waals surface area contributed by atoms with Crippen LogP contribution in [0.2, 0.25) is 0 Å². The summed E-state index contributed by atoms with van der Waals surface area (Å²) in [7, 11) is 1.16. The Morgan fingerprint density at radius 3 is 1.67 bits per heavy atom. The van der Waals surface area contributed by atoms with Gasteiger partial charge in [-0.15, -0.1) is 0 Å². The summed E-state index contributed by atoms with van der Waals surface area (Å²) in [5.41, 5.74) is 0. The summed E-state index contributed by atoms with van der Waals surface area (Å²) >= 11 is 0. The van der Waals surface area contributed by atoms with E-state index in [0.29, 0.717) is 17.4 Å². The second-order valence-electron chi connectivity index (χ2n) is 13.2. The lowest BCUT2D eigenvalue weighted by Crippen LogP contribution is -2.37. The van der Waals surface area contributed by atoms with Gasteiger partial charge in [-0.3, -0.25) is 14.2 Å². The van der Waals surface area contributed by atoms with Gasteiger partial charge >= 0.3 is 11.9 Å². The van der Waals surface area contributed by atoms with E-state index >= 15 is 0 Å². The number of allylic oxidation sites excluding steroid dienone is 2. The highest BCUT2D eigenvalue weighted by molar-refractivity contribution is 7.45. The summed E-state index contributed by atoms with van der Waals surface area (Å²) in [6.07, 6.45) is 25.3. The van der Waals surface area contributed by atoms with Crippen molar-refractivity contribution in [2.75, 3.05) is 47.5 Å². The molecule has 0 aliphatic rings. The van der Waals surface area contributed by atoms with Crippen molar-refractivity contribution < 1.29 is 42.1 Å². The van der Waals surface area contributed by atoms with Crippen molar-refractivity contribution >= 4 is 19.8 Å². The van der Waals surface area contributed by atoms with Crippen LogP contribution in [-0.2, 0) is 32.7 Å². The number of ether oxygens (including phenoxy) is 2. The molecule has 0 rings (SSSR count). The number of carbonyl (C=O) groups is 2. The molecular weight excluding hydrogens is 593 g/mol. The van der Waals surface area contributed by atoms with Crippen LogP contribution in [0.1, 0.15) is 149 Å². The fourth-order valence-electron chi connectivity index (χ4n) is 4.65. The molecule has 0 aromatic carbocycles. The highest BCUT2D eigenvalue weighted by Gasteiger charge is 2.21. The van der Waals surface area contributed by atoms with Gasteiger partial charge < -0.3 is 27.9 Å². The highest BCUT2D eigenvalue weighted by atomic mass is 31.2. The topological polar surface area (TPSA) is 111 Å². The standard InChI is InChI=1S/C35H68NO8P/c1-6-8-10-12-14-16-17-18-19-20-22-23-25-27-34(37)41-31-33(32-43-45(39,40)42-30-29-36(3,4)5)44-35(38)28-26-24-21-15-13-11-9-7-2/h16-17,33H,6-15,18-32H2,1-5H3/b17-16+/t33-/m0/s1. The number of likely N-dealkylation sites (N-methyl/N-ethyl adjacent to an activating group) is 1. The number of hydrogen-bond donors (Lipinski definition) is 0. The quantitative estimate of drug-likeness (QED) is 0.0232. The van der Waals surface area contributed by atoms with E-state index in [2.05, 4.69) is 26.0 Å². The summed E-state index contributed by atoms with van der Waals surface area (Å²) in [5, 5.41) is 0. The number of hydrogen-bond acceptors (Lipinski definition) is 8. The van der Waals surface area contributed by atoms with Crippen molar-refractivity contribution in [3.63, 3.8) is 0 Å². The monoisotopic (exact) mass is 661 g/mol. The van der Waals surface area contributed by atoms with Gasteiger partial charge in [0.1, 0.15) is 19.8 Å². The van der Waals surface area contributed by atoms with Gasteiger partial charge in [0.05, 0.1) is 27.7 Å². The molecule has 266 valence electrons. The summed E-state index contributed by atoms with van der Waals surface area (Å²) in [6.45, 7) is 4.14. The highest BCUT2D eigenvalue weighted by Crippen LogP contribution is 2.38. The maximum absolute atomic E-state index is 12.5. The number of esters is 2. The Balaban J connectivity index is 4.44. The lowest BCUT2D eigenvalue weighted by Gasteiger charge is -2.28. The molecule has 0 spiro atoms. The van der Waals surface area contributed by atoms with Gasteiger partial charge in [0, 0.05) is 12.8 Å². The third kappa shape index (κ3) is 32.5. The Bertz CT molecular complexity index is 799. The zero-order valence-electron chi connectivity index (χ0n) is 29.6. The van der Waals surface area contributed by atoms with Crippen LogP contribution in [0.25, 0.3) is 0 Å². The molecule has 0 saturated carbocycles. The molecule has 0 aromatic heterocycles. The molecule has 0 aliphatic heterocycles. The fraction of sp³-hybridized carbons (Fsp3) is 0.886. The van der Waals surface area contributed by atoms with E-state index in [1.54, 1.807) is 0 Å². The van der Waals surface area contributed by atoms with Crippen LogP contribution >= 0.6 is 7.82 Å². The van der Waals surface area contributed by atoms with Crippen LogP contribution < -0.4 is 4.89 Å². The van der Waals surface area contributed by atoms with Gasteiger partial charge in [-0.05, 0) is 38.5 Å². The van der Waals surface area contributed by atoms with Crippen molar-refractivity contribution in [1.29, 1.82) is 0 Å². The summed E-state index contributed by atoms with van der Waals surface area (Å²) < 4.78 is 33.6. The summed E-state index contributed by atoms with van der Waals surface area (Å²) in [5.74, 6) is -0.849. The Labute approximate surface area is 276 Å². The van der Waals surface area contributed by atoms with E-state index in [1.807, 2.05) is 21.1 Å². The van der Waals surface area contributed by atoms with Crippen molar-refractivity contribution in [2.24, 2.45) is 0 Å². The molecular formula is C35H68NO8P. The average Bonchev–Trinajstić information content (AvgIpc) is 2.97. The maximum Gasteiger partial charge on any atom is 0.306 e. The second kappa shape index (κ2) is 28.9. The van der Waals surface area contributed by atoms with E-state index in [0.717, 1.165) is 57.8 Å². The van der Waals surface area contributed by atoms with E-state index in [1.165, 1.54) is 57.8 Å². The molecule has 0 N–H and O–H groups in total. The van der Waals surface area contributed by atoms with Crippen molar-refractivity contribution in [3.8, 4) is 0 Å². The first kappa shape index (κ1) is 43.8. The number of nitrogens with zero attached hydrogens (tertiary/aromatic N) is 1. The van der Waals surface area contributed by atoms with Gasteiger partial charge in [-0.1, -0.05) is 109 Å². The molecule has 0 heterocycles. The number of unbranched alkanes of at least 4 members (excludes halogenated alkanes) is 16. The molecule has 9 nitrogen and oxygen atoms in total. The lowest BCUT2D eigenvalue weighted by molar-refractivity contribution is -0.870. The third-order valence-electron chi connectivity index (χ3n) is 7.54. The smallest absolute Gasteiger partial charge is 0.306 e. The van der Waals surface area contributed by atoms with Crippen LogP contribution in [0.3, 0.4) is 0 Å². The minimum atomic E-state index is -4.61. The Morgan fingerprint density at radius 1 is 0.667 bits per heavy atom. The average molecular weight is 662 g/mol. The van der Waals surface area contributed by atoms with Crippen LogP contribution in [0.5, 0.6) is 0 Å². The van der Waals surface area contributed by atoms with Gasteiger partial charge in [0.25, 0.3) is 7.82 Å². The van der Waals surface area contributed by atoms with Crippen LogP contribution in [-0.4, -0.2) is 70.0 Å². The number of rotatable bonds is 32. The predicted molar refractivity (Wildman–Crippen MR) is 181 cm³/mol. The number of carbonyl (C=O) groups excluding carboxylic acids is 2. The molecule has 0 fully saturated rings. The Kier molecular flexibility index (Phi) is 28.1. The zero-order valence-corrected chi connectivity index (χ0v) is 30.5. The van der Waals surface area contributed by atoms with E-state index in [9.17, 15) is 19.0 Å². The zero-order chi connectivity index (χ0) is 33.7. The minimum absolute atomic E-state index is 0.0298. The molecule has 45 heavy (non-hydrogen) atoms. The van der Waals surface area contributed by atoms with E-state index in [-0.39, 0.29) is 26.1 Å². The molecule has 0 saturated heterocycles. The molecule has 0 radical (unpaired) electrons. The normalized spacial score (nSPS) is 14.0.